The minimum atomic E-state index is -0.338. The summed E-state index contributed by atoms with van der Waals surface area (Å²) < 4.78 is 10.2. The Hall–Kier alpha value is -0.650. The Labute approximate surface area is 96.9 Å². The van der Waals surface area contributed by atoms with Gasteiger partial charge >= 0.3 is 5.97 Å². The second-order valence-electron chi connectivity index (χ2n) is 4.31. The van der Waals surface area contributed by atoms with Gasteiger partial charge in [0.1, 0.15) is 6.04 Å². The molecule has 1 fully saturated rings. The first-order chi connectivity index (χ1) is 7.63. The van der Waals surface area contributed by atoms with Crippen molar-refractivity contribution < 1.29 is 14.3 Å². The van der Waals surface area contributed by atoms with Crippen LogP contribution in [0.2, 0.25) is 0 Å². The van der Waals surface area contributed by atoms with E-state index in [4.69, 9.17) is 15.2 Å². The van der Waals surface area contributed by atoms with E-state index >= 15 is 0 Å². The second kappa shape index (κ2) is 6.18. The molecule has 94 valence electrons. The lowest BCUT2D eigenvalue weighted by Crippen LogP contribution is -2.54. The van der Waals surface area contributed by atoms with E-state index in [1.54, 1.807) is 7.11 Å². The van der Waals surface area contributed by atoms with Gasteiger partial charge in [-0.1, -0.05) is 6.92 Å². The normalized spacial score (nSPS) is 28.8. The number of hydrogen-bond donors (Lipinski definition) is 1. The zero-order valence-electron chi connectivity index (χ0n) is 10.3. The van der Waals surface area contributed by atoms with Gasteiger partial charge in [-0.3, -0.25) is 9.69 Å². The van der Waals surface area contributed by atoms with Gasteiger partial charge in [-0.05, 0) is 18.9 Å². The number of ether oxygens (including phenoxy) is 2. The number of methoxy groups -OCH3 is 2. The number of nitrogens with zero attached hydrogens (tertiary/aromatic N) is 1. The van der Waals surface area contributed by atoms with Gasteiger partial charge in [-0.2, -0.15) is 0 Å². The van der Waals surface area contributed by atoms with Gasteiger partial charge in [0.15, 0.2) is 0 Å². The number of likely N-dealkylation sites (tertiary alicyclic amines) is 1. The fourth-order valence-corrected chi connectivity index (χ4v) is 2.18. The Morgan fingerprint density at radius 2 is 2.25 bits per heavy atom. The monoisotopic (exact) mass is 230 g/mol. The molecule has 0 spiro atoms. The maximum atomic E-state index is 11.5. The Morgan fingerprint density at radius 1 is 1.56 bits per heavy atom. The Bertz CT molecular complexity index is 235. The van der Waals surface area contributed by atoms with Gasteiger partial charge in [-0.15, -0.1) is 0 Å². The van der Waals surface area contributed by atoms with Crippen LogP contribution in [0.25, 0.3) is 0 Å². The second-order valence-corrected chi connectivity index (χ2v) is 4.31. The number of nitrogens with two attached hydrogens (primary N) is 1. The van der Waals surface area contributed by atoms with Crippen LogP contribution in [0.4, 0.5) is 0 Å². The SMILES string of the molecule is COC(=O)C(CN)N1CCC(C)C(OC)C1. The van der Waals surface area contributed by atoms with E-state index in [9.17, 15) is 4.79 Å². The van der Waals surface area contributed by atoms with Crippen LogP contribution in [0.5, 0.6) is 0 Å². The molecule has 0 aliphatic carbocycles. The lowest BCUT2D eigenvalue weighted by atomic mass is 9.94. The average molecular weight is 230 g/mol. The highest BCUT2D eigenvalue weighted by Crippen LogP contribution is 2.21. The van der Waals surface area contributed by atoms with Crippen LogP contribution in [0, 0.1) is 5.92 Å². The molecule has 3 atom stereocenters. The summed E-state index contributed by atoms with van der Waals surface area (Å²) in [7, 11) is 3.10. The van der Waals surface area contributed by atoms with Crippen LogP contribution in [0.3, 0.4) is 0 Å². The van der Waals surface area contributed by atoms with E-state index in [0.717, 1.165) is 19.5 Å². The van der Waals surface area contributed by atoms with Gasteiger partial charge in [0.25, 0.3) is 0 Å². The molecule has 2 N–H and O–H groups in total. The first-order valence-electron chi connectivity index (χ1n) is 5.68. The molecule has 16 heavy (non-hydrogen) atoms. The Balaban J connectivity index is 2.62. The number of piperidine rings is 1. The van der Waals surface area contributed by atoms with Crippen LogP contribution >= 0.6 is 0 Å². The van der Waals surface area contributed by atoms with E-state index < -0.39 is 0 Å². The third kappa shape index (κ3) is 2.93. The van der Waals surface area contributed by atoms with E-state index in [-0.39, 0.29) is 24.7 Å². The van der Waals surface area contributed by atoms with Crippen molar-refractivity contribution >= 4 is 5.97 Å². The predicted molar refractivity (Wildman–Crippen MR) is 61.0 cm³/mol. The van der Waals surface area contributed by atoms with Crippen molar-refractivity contribution in [2.75, 3.05) is 33.9 Å². The zero-order valence-corrected chi connectivity index (χ0v) is 10.3. The van der Waals surface area contributed by atoms with Crippen LogP contribution in [0.15, 0.2) is 0 Å². The summed E-state index contributed by atoms with van der Waals surface area (Å²) in [5.74, 6) is 0.268. The first-order valence-corrected chi connectivity index (χ1v) is 5.68. The summed E-state index contributed by atoms with van der Waals surface area (Å²) in [5, 5.41) is 0. The fourth-order valence-electron chi connectivity index (χ4n) is 2.18. The van der Waals surface area contributed by atoms with E-state index in [2.05, 4.69) is 11.8 Å². The molecule has 1 aliphatic rings. The van der Waals surface area contributed by atoms with E-state index in [1.165, 1.54) is 7.11 Å². The van der Waals surface area contributed by atoms with Gasteiger partial charge in [0, 0.05) is 20.2 Å². The van der Waals surface area contributed by atoms with Crippen molar-refractivity contribution in [3.05, 3.63) is 0 Å². The van der Waals surface area contributed by atoms with Gasteiger partial charge < -0.3 is 15.2 Å². The van der Waals surface area contributed by atoms with E-state index in [0.29, 0.717) is 5.92 Å². The number of carbonyl (C=O) groups is 1. The number of hydrogen-bond acceptors (Lipinski definition) is 5. The first kappa shape index (κ1) is 13.4. The molecule has 1 rings (SSSR count). The number of esters is 1. The fraction of sp³-hybridized carbons (Fsp3) is 0.909. The standard InChI is InChI=1S/C11H22N2O3/c1-8-4-5-13(7-10(8)15-2)9(6-12)11(14)16-3/h8-10H,4-7,12H2,1-3H3. The smallest absolute Gasteiger partial charge is 0.324 e. The Kier molecular flexibility index (Phi) is 5.18. The van der Waals surface area contributed by atoms with Gasteiger partial charge in [-0.25, -0.2) is 0 Å². The minimum Gasteiger partial charge on any atom is -0.468 e. The molecule has 0 bridgehead atoms. The van der Waals surface area contributed by atoms with Crippen LogP contribution in [-0.2, 0) is 14.3 Å². The molecule has 1 saturated heterocycles. The summed E-state index contributed by atoms with van der Waals surface area (Å²) in [4.78, 5) is 13.6. The molecule has 0 aromatic carbocycles. The minimum absolute atomic E-state index is 0.174. The lowest BCUT2D eigenvalue weighted by molar-refractivity contribution is -0.148. The summed E-state index contributed by atoms with van der Waals surface area (Å²) in [6, 6.07) is -0.338. The third-order valence-corrected chi connectivity index (χ3v) is 3.36. The van der Waals surface area contributed by atoms with Crippen molar-refractivity contribution in [3.8, 4) is 0 Å². The number of carbonyl (C=O) groups excluding carboxylic acids is 1. The molecule has 0 radical (unpaired) electrons. The Morgan fingerprint density at radius 3 is 2.75 bits per heavy atom. The van der Waals surface area contributed by atoms with Crippen LogP contribution in [-0.4, -0.2) is 56.9 Å². The molecule has 0 saturated carbocycles. The third-order valence-electron chi connectivity index (χ3n) is 3.36. The quantitative estimate of drug-likeness (QED) is 0.680. The molecule has 5 nitrogen and oxygen atoms in total. The summed E-state index contributed by atoms with van der Waals surface area (Å²) in [5.41, 5.74) is 5.62. The molecular weight excluding hydrogens is 208 g/mol. The highest BCUT2D eigenvalue weighted by atomic mass is 16.5. The molecule has 1 heterocycles. The van der Waals surface area contributed by atoms with Crippen LogP contribution in [0.1, 0.15) is 13.3 Å². The number of rotatable bonds is 4. The maximum absolute atomic E-state index is 11.5. The molecule has 0 amide bonds. The van der Waals surface area contributed by atoms with Crippen molar-refractivity contribution in [3.63, 3.8) is 0 Å². The molecule has 1 aliphatic heterocycles. The average Bonchev–Trinajstić information content (AvgIpc) is 2.31. The van der Waals surface area contributed by atoms with Crippen molar-refractivity contribution in [2.24, 2.45) is 11.7 Å². The zero-order chi connectivity index (χ0) is 12.1. The molecule has 0 aromatic rings. The predicted octanol–water partition coefficient (Wildman–Crippen LogP) is -0.156. The molecule has 0 aromatic heterocycles. The van der Waals surface area contributed by atoms with Crippen LogP contribution < -0.4 is 5.73 Å². The largest absolute Gasteiger partial charge is 0.468 e. The van der Waals surface area contributed by atoms with Crippen molar-refractivity contribution in [1.29, 1.82) is 0 Å². The van der Waals surface area contributed by atoms with Gasteiger partial charge in [0.2, 0.25) is 0 Å². The summed E-state index contributed by atoms with van der Waals surface area (Å²) >= 11 is 0. The summed E-state index contributed by atoms with van der Waals surface area (Å²) in [6.07, 6.45) is 1.19. The van der Waals surface area contributed by atoms with Gasteiger partial charge in [0.05, 0.1) is 13.2 Å². The molecular formula is C11H22N2O3. The summed E-state index contributed by atoms with van der Waals surface area (Å²) in [6.45, 7) is 4.07. The van der Waals surface area contributed by atoms with E-state index in [1.807, 2.05) is 0 Å². The highest BCUT2D eigenvalue weighted by molar-refractivity contribution is 5.75. The van der Waals surface area contributed by atoms with Crippen molar-refractivity contribution in [2.45, 2.75) is 25.5 Å². The highest BCUT2D eigenvalue weighted by Gasteiger charge is 2.33. The molecule has 5 heteroatoms. The lowest BCUT2D eigenvalue weighted by Gasteiger charge is -2.39. The van der Waals surface area contributed by atoms with Crippen molar-refractivity contribution in [1.82, 2.24) is 4.90 Å². The molecule has 3 unspecified atom stereocenters. The topological polar surface area (TPSA) is 64.8 Å². The maximum Gasteiger partial charge on any atom is 0.324 e.